The molecule has 345 valence electrons. The normalized spacial score (nSPS) is 9.31. The molecular weight excluding hydrogens is 845 g/mol. The number of rotatable bonds is 9. The molecule has 2 N–H and O–H groups in total. The fourth-order valence-electron chi connectivity index (χ4n) is 4.15. The molecule has 0 heterocycles. The van der Waals surface area contributed by atoms with Crippen molar-refractivity contribution >= 4 is 84.6 Å². The second-order valence-electron chi connectivity index (χ2n) is 13.1. The van der Waals surface area contributed by atoms with Gasteiger partial charge in [-0.2, -0.15) is 0 Å². The van der Waals surface area contributed by atoms with Crippen molar-refractivity contribution in [2.45, 2.75) is 120 Å². The summed E-state index contributed by atoms with van der Waals surface area (Å²) in [6.45, 7) is 33.1. The number of nitrogens with one attached hydrogen (secondary N) is 1. The van der Waals surface area contributed by atoms with E-state index in [1.54, 1.807) is 32.8 Å². The van der Waals surface area contributed by atoms with Crippen LogP contribution in [0.25, 0.3) is 0 Å². The predicted molar refractivity (Wildman–Crippen MR) is 275 cm³/mol. The Morgan fingerprint density at radius 3 is 0.951 bits per heavy atom. The van der Waals surface area contributed by atoms with Crippen LogP contribution in [0.1, 0.15) is 121 Å². The van der Waals surface area contributed by atoms with Crippen LogP contribution in [0.15, 0.2) is 91.0 Å². The van der Waals surface area contributed by atoms with Crippen LogP contribution in [0.5, 0.6) is 0 Å². The van der Waals surface area contributed by atoms with Crippen molar-refractivity contribution in [3.63, 3.8) is 0 Å². The zero-order valence-electron chi connectivity index (χ0n) is 41.0. The number of halogens is 3. The molecule has 15 heteroatoms. The van der Waals surface area contributed by atoms with Crippen LogP contribution in [-0.2, 0) is 39.9 Å². The predicted octanol–water partition coefficient (Wildman–Crippen LogP) is 11.0. The molecule has 0 atom stereocenters. The number of hydrogen-bond acceptors (Lipinski definition) is 6. The first kappa shape index (κ1) is 78.9. The van der Waals surface area contributed by atoms with Crippen LogP contribution < -0.4 is 5.32 Å². The summed E-state index contributed by atoms with van der Waals surface area (Å²) < 4.78 is 9.09. The molecule has 0 aliphatic carbocycles. The minimum absolute atomic E-state index is 0. The summed E-state index contributed by atoms with van der Waals surface area (Å²) in [4.78, 5) is 37.8. The molecule has 0 unspecified atom stereocenters. The molecule has 0 aliphatic rings. The summed E-state index contributed by atoms with van der Waals surface area (Å²) in [6, 6.07) is 28.6. The van der Waals surface area contributed by atoms with E-state index in [0.29, 0.717) is 0 Å². The highest BCUT2D eigenvalue weighted by atomic mass is 36.0. The van der Waals surface area contributed by atoms with Gasteiger partial charge in [0.05, 0.1) is 16.2 Å². The average molecular weight is 926 g/mol. The van der Waals surface area contributed by atoms with Crippen molar-refractivity contribution in [3.05, 3.63) is 108 Å². The molecule has 3 aromatic rings. The molecule has 1 amide bonds. The SMILES string of the molecule is CC.CC.CC.CC(C)(C(=O)Cl)c1ccccc1.CC(C)(C(=O)O)c1ccccc1.CCN(CC)CC.CN(C)C(=O)C(C)(C)c1ccccc1.CNC.O=S(Cl)Cl.[B].[B].[B]. The number of carbonyl (C=O) groups is 3. The van der Waals surface area contributed by atoms with Crippen molar-refractivity contribution in [1.82, 2.24) is 15.1 Å². The monoisotopic (exact) mass is 925 g/mol. The maximum Gasteiger partial charge on any atom is 0.313 e. The van der Waals surface area contributed by atoms with Gasteiger partial charge in [0, 0.05) is 60.7 Å². The second-order valence-corrected chi connectivity index (χ2v) is 15.9. The van der Waals surface area contributed by atoms with Gasteiger partial charge in [0.2, 0.25) is 20.4 Å². The van der Waals surface area contributed by atoms with Gasteiger partial charge in [-0.25, -0.2) is 4.21 Å². The number of aliphatic carboxylic acids is 1. The van der Waals surface area contributed by atoms with E-state index in [4.69, 9.17) is 20.9 Å². The number of carboxylic acids is 1. The fraction of sp³-hybridized carbons (Fsp3) is 0.543. The summed E-state index contributed by atoms with van der Waals surface area (Å²) in [6.07, 6.45) is 0. The summed E-state index contributed by atoms with van der Waals surface area (Å²) in [5, 5.41) is 11.3. The van der Waals surface area contributed by atoms with E-state index < -0.39 is 31.4 Å². The molecule has 9 radical (unpaired) electrons. The molecule has 0 saturated heterocycles. The summed E-state index contributed by atoms with van der Waals surface area (Å²) in [7, 11) is 14.7. The van der Waals surface area contributed by atoms with Gasteiger partial charge in [-0.05, 0) is 104 Å². The summed E-state index contributed by atoms with van der Waals surface area (Å²) in [5.41, 5.74) is 1.02. The van der Waals surface area contributed by atoms with Crippen LogP contribution >= 0.6 is 33.0 Å². The van der Waals surface area contributed by atoms with E-state index in [2.05, 4.69) is 52.4 Å². The van der Waals surface area contributed by atoms with Crippen molar-refractivity contribution in [3.8, 4) is 0 Å². The lowest BCUT2D eigenvalue weighted by Gasteiger charge is -2.27. The molecule has 8 nitrogen and oxygen atoms in total. The highest BCUT2D eigenvalue weighted by Crippen LogP contribution is 2.26. The lowest BCUT2D eigenvalue weighted by molar-refractivity contribution is -0.142. The van der Waals surface area contributed by atoms with E-state index >= 15 is 0 Å². The number of carbonyl (C=O) groups excluding carboxylic acids is 2. The molecule has 0 aliphatic heterocycles. The third kappa shape index (κ3) is 38.8. The molecule has 0 bridgehead atoms. The fourth-order valence-corrected chi connectivity index (χ4v) is 4.26. The Kier molecular flexibility index (Phi) is 62.6. The molecule has 0 spiro atoms. The summed E-state index contributed by atoms with van der Waals surface area (Å²) in [5.74, 6) is -0.669. The number of carboxylic acid groups (broad SMARTS) is 1. The first-order chi connectivity index (χ1) is 27.0. The van der Waals surface area contributed by atoms with Crippen molar-refractivity contribution in [1.29, 1.82) is 0 Å². The van der Waals surface area contributed by atoms with E-state index in [9.17, 15) is 14.4 Å². The highest BCUT2D eigenvalue weighted by Gasteiger charge is 2.31. The second kappa shape index (κ2) is 48.4. The van der Waals surface area contributed by atoms with Crippen LogP contribution in [-0.4, -0.2) is 109 Å². The number of likely N-dealkylation sites (N-methyl/N-ethyl adjacent to an activating group) is 1. The Balaban J connectivity index is -0.0000000770. The zero-order valence-corrected chi connectivity index (χ0v) is 44.1. The first-order valence-electron chi connectivity index (χ1n) is 19.9. The average Bonchev–Trinajstić information content (AvgIpc) is 3.22. The van der Waals surface area contributed by atoms with E-state index in [0.717, 1.165) is 16.7 Å². The minimum Gasteiger partial charge on any atom is -0.481 e. The summed E-state index contributed by atoms with van der Waals surface area (Å²) >= 11 is 5.47. The van der Waals surface area contributed by atoms with Gasteiger partial charge in [0.1, 0.15) is 0 Å². The van der Waals surface area contributed by atoms with Crippen molar-refractivity contribution in [2.75, 3.05) is 47.8 Å². The van der Waals surface area contributed by atoms with E-state index in [1.807, 2.05) is 174 Å². The molecule has 61 heavy (non-hydrogen) atoms. The Morgan fingerprint density at radius 2 is 0.787 bits per heavy atom. The van der Waals surface area contributed by atoms with E-state index in [-0.39, 0.29) is 36.4 Å². The lowest BCUT2D eigenvalue weighted by atomic mass is 9.83. The van der Waals surface area contributed by atoms with Gasteiger partial charge in [-0.15, -0.1) is 0 Å². The Bertz CT molecular complexity index is 1350. The van der Waals surface area contributed by atoms with Gasteiger partial charge in [-0.1, -0.05) is 153 Å². The van der Waals surface area contributed by atoms with Crippen molar-refractivity contribution < 1.29 is 23.7 Å². The number of benzene rings is 3. The number of nitrogens with zero attached hydrogens (tertiary/aromatic N) is 2. The maximum atomic E-state index is 11.9. The van der Waals surface area contributed by atoms with Gasteiger partial charge in [0.25, 0.3) is 0 Å². The van der Waals surface area contributed by atoms with Crippen LogP contribution in [0.2, 0.25) is 0 Å². The van der Waals surface area contributed by atoms with Crippen LogP contribution in [0, 0.1) is 0 Å². The Labute approximate surface area is 396 Å². The number of hydrogen-bond donors (Lipinski definition) is 2. The highest BCUT2D eigenvalue weighted by molar-refractivity contribution is 8.26. The standard InChI is InChI=1S/C12H17NO.C10H11ClO.C10H12O2.C6H15N.C2H7N.3C2H6.3B.Cl2OS/c1-12(2,11(14)13(3)4)10-8-6-5-7-9-10;2*1-10(2,9(11)12)8-6-4-3-5-7-8;1-4-7(5-2)6-3;1-3-2;3*1-2;;;;1-4(2)3/h5-9H,1-4H3;3-7H,1-2H3;3-7H,1-2H3,(H,11,12);4-6H2,1-3H3;3H,1-2H3;3*1-2H3;;;;. The lowest BCUT2D eigenvalue weighted by Crippen LogP contribution is -2.39. The largest absolute Gasteiger partial charge is 0.481 e. The molecule has 0 fully saturated rings. The van der Waals surface area contributed by atoms with Crippen LogP contribution in [0.4, 0.5) is 0 Å². The van der Waals surface area contributed by atoms with Gasteiger partial charge >= 0.3 is 5.97 Å². The molecule has 3 aromatic carbocycles. The van der Waals surface area contributed by atoms with Crippen molar-refractivity contribution in [2.24, 2.45) is 0 Å². The minimum atomic E-state index is -1.67. The van der Waals surface area contributed by atoms with E-state index in [1.165, 1.54) is 19.6 Å². The Hall–Kier alpha value is -2.60. The maximum absolute atomic E-state index is 11.9. The Morgan fingerprint density at radius 1 is 0.574 bits per heavy atom. The molecule has 3 rings (SSSR count). The third-order valence-corrected chi connectivity index (χ3v) is 8.27. The molecule has 0 saturated carbocycles. The number of amides is 1. The van der Waals surface area contributed by atoms with Crippen LogP contribution in [0.3, 0.4) is 0 Å². The topological polar surface area (TPSA) is 107 Å². The van der Waals surface area contributed by atoms with Gasteiger partial charge in [-0.3, -0.25) is 14.4 Å². The first-order valence-corrected chi connectivity index (χ1v) is 23.1. The van der Waals surface area contributed by atoms with Gasteiger partial charge < -0.3 is 20.2 Å². The molecule has 0 aromatic heterocycles. The quantitative estimate of drug-likeness (QED) is 0.163. The van der Waals surface area contributed by atoms with Gasteiger partial charge in [0.15, 0.2) is 0 Å². The molecular formula is C46H80B3Cl3N3O5S. The smallest absolute Gasteiger partial charge is 0.313 e. The third-order valence-electron chi connectivity index (χ3n) is 7.79. The zero-order chi connectivity index (χ0) is 47.1.